The summed E-state index contributed by atoms with van der Waals surface area (Å²) in [4.78, 5) is 17.1. The molecule has 0 unspecified atom stereocenters. The van der Waals surface area contributed by atoms with Crippen LogP contribution in [0.2, 0.25) is 0 Å². The molecule has 1 aliphatic heterocycles. The molecule has 1 aliphatic rings. The Balaban J connectivity index is 2.02. The van der Waals surface area contributed by atoms with Crippen LogP contribution in [0, 0.1) is 0 Å². The number of carboxylic acids is 1. The molecule has 0 saturated carbocycles. The van der Waals surface area contributed by atoms with Crippen LogP contribution in [0.4, 0.5) is 5.13 Å². The highest BCUT2D eigenvalue weighted by atomic mass is 32.1. The molecule has 5 nitrogen and oxygen atoms in total. The zero-order valence-corrected chi connectivity index (χ0v) is 9.79. The molecule has 0 amide bonds. The summed E-state index contributed by atoms with van der Waals surface area (Å²) >= 11 is 1.53. The van der Waals surface area contributed by atoms with Crippen LogP contribution in [-0.4, -0.2) is 42.2 Å². The Morgan fingerprint density at radius 3 is 3.25 bits per heavy atom. The largest absolute Gasteiger partial charge is 0.481 e. The van der Waals surface area contributed by atoms with E-state index in [9.17, 15) is 4.79 Å². The molecule has 0 spiro atoms. The van der Waals surface area contributed by atoms with Gasteiger partial charge in [0.2, 0.25) is 0 Å². The van der Waals surface area contributed by atoms with Gasteiger partial charge in [0.1, 0.15) is 0 Å². The van der Waals surface area contributed by atoms with Gasteiger partial charge in [-0.2, -0.15) is 0 Å². The zero-order chi connectivity index (χ0) is 11.4. The molecule has 88 valence electrons. The SMILES string of the molecule is O=C(O)Cc1csc(N2CCCNCC2)n1. The van der Waals surface area contributed by atoms with E-state index in [4.69, 9.17) is 5.11 Å². The van der Waals surface area contributed by atoms with Crippen LogP contribution in [0.5, 0.6) is 0 Å². The fraction of sp³-hybridized carbons (Fsp3) is 0.600. The number of rotatable bonds is 3. The lowest BCUT2D eigenvalue weighted by molar-refractivity contribution is -0.136. The molecule has 6 heteroatoms. The molecule has 0 radical (unpaired) electrons. The van der Waals surface area contributed by atoms with E-state index in [1.165, 1.54) is 11.3 Å². The Hall–Kier alpha value is -1.14. The normalized spacial score (nSPS) is 17.1. The molecule has 2 heterocycles. The van der Waals surface area contributed by atoms with E-state index in [2.05, 4.69) is 15.2 Å². The number of carboxylic acid groups (broad SMARTS) is 1. The predicted molar refractivity (Wildman–Crippen MR) is 63.2 cm³/mol. The second-order valence-corrected chi connectivity index (χ2v) is 4.62. The van der Waals surface area contributed by atoms with Crippen molar-refractivity contribution in [3.05, 3.63) is 11.1 Å². The van der Waals surface area contributed by atoms with E-state index in [0.29, 0.717) is 5.69 Å². The summed E-state index contributed by atoms with van der Waals surface area (Å²) in [6.45, 7) is 3.95. The molecular formula is C10H15N3O2S. The summed E-state index contributed by atoms with van der Waals surface area (Å²) in [5.74, 6) is -0.825. The minimum Gasteiger partial charge on any atom is -0.481 e. The summed E-state index contributed by atoms with van der Waals surface area (Å²) < 4.78 is 0. The average Bonchev–Trinajstić information content (AvgIpc) is 2.53. The number of anilines is 1. The van der Waals surface area contributed by atoms with Crippen molar-refractivity contribution in [2.24, 2.45) is 0 Å². The van der Waals surface area contributed by atoms with Gasteiger partial charge in [-0.25, -0.2) is 4.98 Å². The Labute approximate surface area is 98.1 Å². The zero-order valence-electron chi connectivity index (χ0n) is 8.98. The first-order chi connectivity index (χ1) is 7.75. The molecule has 0 bridgehead atoms. The van der Waals surface area contributed by atoms with E-state index in [1.54, 1.807) is 0 Å². The Morgan fingerprint density at radius 1 is 1.56 bits per heavy atom. The van der Waals surface area contributed by atoms with Gasteiger partial charge in [-0.05, 0) is 13.0 Å². The van der Waals surface area contributed by atoms with Crippen LogP contribution >= 0.6 is 11.3 Å². The van der Waals surface area contributed by atoms with Crippen molar-refractivity contribution < 1.29 is 9.90 Å². The number of thiazole rings is 1. The summed E-state index contributed by atoms with van der Waals surface area (Å²) in [7, 11) is 0. The molecule has 16 heavy (non-hydrogen) atoms. The maximum Gasteiger partial charge on any atom is 0.309 e. The van der Waals surface area contributed by atoms with Crippen molar-refractivity contribution in [1.29, 1.82) is 0 Å². The molecule has 0 atom stereocenters. The van der Waals surface area contributed by atoms with E-state index in [0.717, 1.165) is 37.7 Å². The lowest BCUT2D eigenvalue weighted by atomic mass is 10.3. The Bertz CT molecular complexity index is 359. The first-order valence-electron chi connectivity index (χ1n) is 5.37. The van der Waals surface area contributed by atoms with Crippen molar-refractivity contribution in [2.45, 2.75) is 12.8 Å². The summed E-state index contributed by atoms with van der Waals surface area (Å²) in [5, 5.41) is 14.8. The first-order valence-corrected chi connectivity index (χ1v) is 6.25. The van der Waals surface area contributed by atoms with Gasteiger partial charge in [-0.1, -0.05) is 0 Å². The Kier molecular flexibility index (Phi) is 3.74. The number of hydrogen-bond donors (Lipinski definition) is 2. The molecule has 0 aromatic carbocycles. The van der Waals surface area contributed by atoms with Crippen molar-refractivity contribution in [2.75, 3.05) is 31.1 Å². The van der Waals surface area contributed by atoms with E-state index in [-0.39, 0.29) is 6.42 Å². The van der Waals surface area contributed by atoms with Gasteiger partial charge in [0, 0.05) is 25.0 Å². The fourth-order valence-corrected chi connectivity index (χ4v) is 2.59. The Morgan fingerprint density at radius 2 is 2.44 bits per heavy atom. The van der Waals surface area contributed by atoms with Crippen LogP contribution in [0.3, 0.4) is 0 Å². The molecule has 2 N–H and O–H groups in total. The van der Waals surface area contributed by atoms with Gasteiger partial charge in [-0.3, -0.25) is 4.79 Å². The molecule has 1 aromatic rings. The van der Waals surface area contributed by atoms with Crippen LogP contribution in [0.1, 0.15) is 12.1 Å². The smallest absolute Gasteiger partial charge is 0.309 e. The standard InChI is InChI=1S/C10H15N3O2S/c14-9(15)6-8-7-16-10(12-8)13-4-1-2-11-3-5-13/h7,11H,1-6H2,(H,14,15). The molecule has 1 aromatic heterocycles. The highest BCUT2D eigenvalue weighted by Gasteiger charge is 2.13. The third kappa shape index (κ3) is 2.93. The number of carbonyl (C=O) groups is 1. The van der Waals surface area contributed by atoms with Crippen molar-refractivity contribution >= 4 is 22.4 Å². The minimum atomic E-state index is -0.825. The number of aromatic nitrogens is 1. The van der Waals surface area contributed by atoms with Crippen LogP contribution in [0.25, 0.3) is 0 Å². The number of nitrogens with zero attached hydrogens (tertiary/aromatic N) is 2. The van der Waals surface area contributed by atoms with Crippen LogP contribution in [0.15, 0.2) is 5.38 Å². The lowest BCUT2D eigenvalue weighted by Gasteiger charge is -2.18. The number of nitrogens with one attached hydrogen (secondary N) is 1. The topological polar surface area (TPSA) is 65.5 Å². The average molecular weight is 241 g/mol. The van der Waals surface area contributed by atoms with E-state index >= 15 is 0 Å². The molecule has 1 fully saturated rings. The van der Waals surface area contributed by atoms with Gasteiger partial charge in [0.25, 0.3) is 0 Å². The first kappa shape index (κ1) is 11.3. The summed E-state index contributed by atoms with van der Waals surface area (Å²) in [6, 6.07) is 0. The monoisotopic (exact) mass is 241 g/mol. The van der Waals surface area contributed by atoms with Gasteiger partial charge in [0.05, 0.1) is 12.1 Å². The van der Waals surface area contributed by atoms with E-state index < -0.39 is 5.97 Å². The molecule has 0 aliphatic carbocycles. The highest BCUT2D eigenvalue weighted by molar-refractivity contribution is 7.13. The number of hydrogen-bond acceptors (Lipinski definition) is 5. The molecule has 2 rings (SSSR count). The van der Waals surface area contributed by atoms with Crippen molar-refractivity contribution in [3.63, 3.8) is 0 Å². The summed E-state index contributed by atoms with van der Waals surface area (Å²) in [5.41, 5.74) is 0.657. The quantitative estimate of drug-likeness (QED) is 0.810. The van der Waals surface area contributed by atoms with Gasteiger partial charge in [0.15, 0.2) is 5.13 Å². The van der Waals surface area contributed by atoms with Crippen molar-refractivity contribution in [1.82, 2.24) is 10.3 Å². The second kappa shape index (κ2) is 5.27. The van der Waals surface area contributed by atoms with E-state index in [1.807, 2.05) is 5.38 Å². The molecular weight excluding hydrogens is 226 g/mol. The molecule has 1 saturated heterocycles. The van der Waals surface area contributed by atoms with Gasteiger partial charge >= 0.3 is 5.97 Å². The van der Waals surface area contributed by atoms with Gasteiger partial charge < -0.3 is 15.3 Å². The maximum atomic E-state index is 10.6. The van der Waals surface area contributed by atoms with Crippen LogP contribution in [-0.2, 0) is 11.2 Å². The van der Waals surface area contributed by atoms with Crippen molar-refractivity contribution in [3.8, 4) is 0 Å². The third-order valence-corrected chi connectivity index (χ3v) is 3.43. The van der Waals surface area contributed by atoms with Crippen LogP contribution < -0.4 is 10.2 Å². The second-order valence-electron chi connectivity index (χ2n) is 3.78. The fourth-order valence-electron chi connectivity index (χ4n) is 1.71. The maximum absolute atomic E-state index is 10.6. The predicted octanol–water partition coefficient (Wildman–Crippen LogP) is 0.570. The highest BCUT2D eigenvalue weighted by Crippen LogP contribution is 2.21. The number of aliphatic carboxylic acids is 1. The lowest BCUT2D eigenvalue weighted by Crippen LogP contribution is -2.27. The summed E-state index contributed by atoms with van der Waals surface area (Å²) in [6.07, 6.45) is 1.12. The van der Waals surface area contributed by atoms with Gasteiger partial charge in [-0.15, -0.1) is 11.3 Å². The minimum absolute atomic E-state index is 0.0165. The third-order valence-electron chi connectivity index (χ3n) is 2.48.